The van der Waals surface area contributed by atoms with Crippen LogP contribution in [0.5, 0.6) is 0 Å². The number of nitrogens with one attached hydrogen (secondary N) is 1. The van der Waals surface area contributed by atoms with E-state index in [1.807, 2.05) is 35.9 Å². The van der Waals surface area contributed by atoms with Crippen molar-refractivity contribution in [2.45, 2.75) is 37.1 Å². The lowest BCUT2D eigenvalue weighted by atomic mass is 9.82. The van der Waals surface area contributed by atoms with Gasteiger partial charge in [-0.05, 0) is 41.0 Å². The van der Waals surface area contributed by atoms with Crippen molar-refractivity contribution in [2.24, 2.45) is 7.05 Å². The SMILES string of the molecule is Cn1c(=S)oc2cc(CN[C@@H]3CO[C@H](C(c4ccccc4)c4ccccc4)C[C@@H]3O)ccc21. The number of aliphatic hydroxyl groups excluding tert-OH is 1. The Morgan fingerprint density at radius 3 is 2.33 bits per heavy atom. The van der Waals surface area contributed by atoms with Crippen LogP contribution in [0.1, 0.15) is 29.0 Å². The van der Waals surface area contributed by atoms with Gasteiger partial charge < -0.3 is 24.1 Å². The summed E-state index contributed by atoms with van der Waals surface area (Å²) in [5.41, 5.74) is 5.23. The Balaban J connectivity index is 1.27. The molecular formula is C27H28N2O3S. The molecule has 3 atom stereocenters. The van der Waals surface area contributed by atoms with Crippen molar-refractivity contribution in [1.29, 1.82) is 0 Å². The molecule has 33 heavy (non-hydrogen) atoms. The van der Waals surface area contributed by atoms with Crippen LogP contribution in [-0.2, 0) is 18.3 Å². The van der Waals surface area contributed by atoms with E-state index in [4.69, 9.17) is 21.4 Å². The summed E-state index contributed by atoms with van der Waals surface area (Å²) in [5.74, 6) is 0.0812. The molecule has 1 saturated heterocycles. The van der Waals surface area contributed by atoms with Crippen LogP contribution < -0.4 is 5.32 Å². The number of aromatic nitrogens is 1. The number of aryl methyl sites for hydroxylation is 1. The number of aliphatic hydroxyl groups is 1. The first kappa shape index (κ1) is 22.0. The predicted octanol–water partition coefficient (Wildman–Crippen LogP) is 4.94. The maximum absolute atomic E-state index is 11.0. The molecule has 4 aromatic rings. The Kier molecular flexibility index (Phi) is 6.42. The van der Waals surface area contributed by atoms with E-state index >= 15 is 0 Å². The van der Waals surface area contributed by atoms with Gasteiger partial charge in [0.25, 0.3) is 4.84 Å². The van der Waals surface area contributed by atoms with Crippen molar-refractivity contribution in [1.82, 2.24) is 9.88 Å². The second-order valence-electron chi connectivity index (χ2n) is 8.69. The molecular weight excluding hydrogens is 432 g/mol. The number of hydrogen-bond acceptors (Lipinski definition) is 5. The Bertz CT molecular complexity index is 1230. The maximum atomic E-state index is 11.0. The van der Waals surface area contributed by atoms with Crippen molar-refractivity contribution in [3.8, 4) is 0 Å². The minimum atomic E-state index is -0.497. The van der Waals surface area contributed by atoms with Gasteiger partial charge in [-0.1, -0.05) is 66.7 Å². The Labute approximate surface area is 198 Å². The zero-order valence-electron chi connectivity index (χ0n) is 18.6. The molecule has 1 aliphatic heterocycles. The zero-order valence-corrected chi connectivity index (χ0v) is 19.4. The van der Waals surface area contributed by atoms with Crippen LogP contribution in [0.3, 0.4) is 0 Å². The molecule has 0 unspecified atom stereocenters. The zero-order chi connectivity index (χ0) is 22.8. The molecule has 5 rings (SSSR count). The third-order valence-corrected chi connectivity index (χ3v) is 6.90. The summed E-state index contributed by atoms with van der Waals surface area (Å²) in [6, 6.07) is 26.7. The molecule has 5 nitrogen and oxygen atoms in total. The molecule has 0 spiro atoms. The van der Waals surface area contributed by atoms with E-state index in [0.29, 0.717) is 24.4 Å². The number of oxazole rings is 1. The number of benzene rings is 3. The lowest BCUT2D eigenvalue weighted by molar-refractivity contribution is -0.0718. The predicted molar refractivity (Wildman–Crippen MR) is 132 cm³/mol. The van der Waals surface area contributed by atoms with Gasteiger partial charge in [-0.2, -0.15) is 0 Å². The highest BCUT2D eigenvalue weighted by Gasteiger charge is 2.35. The molecule has 2 heterocycles. The van der Waals surface area contributed by atoms with E-state index in [9.17, 15) is 5.11 Å². The smallest absolute Gasteiger partial charge is 0.269 e. The van der Waals surface area contributed by atoms with Crippen molar-refractivity contribution in [2.75, 3.05) is 6.61 Å². The topological polar surface area (TPSA) is 59.6 Å². The van der Waals surface area contributed by atoms with Crippen LogP contribution in [0, 0.1) is 4.84 Å². The van der Waals surface area contributed by atoms with Gasteiger partial charge in [-0.3, -0.25) is 0 Å². The molecule has 0 amide bonds. The number of nitrogens with zero attached hydrogens (tertiary/aromatic N) is 1. The number of ether oxygens (including phenoxy) is 1. The molecule has 0 aliphatic carbocycles. The molecule has 6 heteroatoms. The second kappa shape index (κ2) is 9.61. The van der Waals surface area contributed by atoms with Crippen LogP contribution in [0.2, 0.25) is 0 Å². The van der Waals surface area contributed by atoms with Crippen LogP contribution >= 0.6 is 12.2 Å². The Hall–Kier alpha value is -2.77. The van der Waals surface area contributed by atoms with Crippen molar-refractivity contribution in [3.63, 3.8) is 0 Å². The average Bonchev–Trinajstić information content (AvgIpc) is 3.13. The lowest BCUT2D eigenvalue weighted by Crippen LogP contribution is -2.50. The van der Waals surface area contributed by atoms with Crippen LogP contribution in [-0.4, -0.2) is 34.5 Å². The fourth-order valence-electron chi connectivity index (χ4n) is 4.72. The summed E-state index contributed by atoms with van der Waals surface area (Å²) in [5, 5.41) is 14.5. The fraction of sp³-hybridized carbons (Fsp3) is 0.296. The van der Waals surface area contributed by atoms with Gasteiger partial charge >= 0.3 is 0 Å². The maximum Gasteiger partial charge on any atom is 0.269 e. The second-order valence-corrected chi connectivity index (χ2v) is 9.04. The molecule has 0 radical (unpaired) electrons. The van der Waals surface area contributed by atoms with Gasteiger partial charge in [0.15, 0.2) is 5.58 Å². The molecule has 1 fully saturated rings. The highest BCUT2D eigenvalue weighted by molar-refractivity contribution is 7.71. The first-order valence-electron chi connectivity index (χ1n) is 11.3. The van der Waals surface area contributed by atoms with E-state index in [0.717, 1.165) is 16.7 Å². The van der Waals surface area contributed by atoms with Crippen LogP contribution in [0.4, 0.5) is 0 Å². The average molecular weight is 461 g/mol. The van der Waals surface area contributed by atoms with E-state index in [2.05, 4.69) is 59.9 Å². The number of rotatable bonds is 6. The highest BCUT2D eigenvalue weighted by Crippen LogP contribution is 2.34. The molecule has 1 aliphatic rings. The molecule has 1 aromatic heterocycles. The molecule has 170 valence electrons. The van der Waals surface area contributed by atoms with Crippen molar-refractivity contribution in [3.05, 3.63) is 100 Å². The normalized spacial score (nSPS) is 21.0. The standard InChI is InChI=1S/C27H28N2O3S/c1-29-22-13-12-18(14-24(22)32-27(29)33)16-28-21-17-31-25(15-23(21)30)26(19-8-4-2-5-9-19)20-10-6-3-7-11-20/h2-14,21,23,25-26,28,30H,15-17H2,1H3/t21-,23+,25+/m1/s1. The van der Waals surface area contributed by atoms with Gasteiger partial charge in [-0.25, -0.2) is 0 Å². The van der Waals surface area contributed by atoms with Gasteiger partial charge in [0.05, 0.1) is 30.4 Å². The summed E-state index contributed by atoms with van der Waals surface area (Å²) in [4.78, 5) is 0.462. The number of fused-ring (bicyclic) bond motifs is 1. The first-order chi connectivity index (χ1) is 16.1. The Morgan fingerprint density at radius 1 is 1.03 bits per heavy atom. The fourth-order valence-corrected chi connectivity index (χ4v) is 4.90. The summed E-state index contributed by atoms with van der Waals surface area (Å²) in [6.07, 6.45) is -0.0192. The largest absolute Gasteiger partial charge is 0.429 e. The third kappa shape index (κ3) is 4.66. The van der Waals surface area contributed by atoms with E-state index in [1.165, 1.54) is 11.1 Å². The first-order valence-corrected chi connectivity index (χ1v) is 11.7. The summed E-state index contributed by atoms with van der Waals surface area (Å²) >= 11 is 5.21. The van der Waals surface area contributed by atoms with E-state index in [1.54, 1.807) is 0 Å². The van der Waals surface area contributed by atoms with E-state index < -0.39 is 6.10 Å². The minimum Gasteiger partial charge on any atom is -0.429 e. The van der Waals surface area contributed by atoms with Gasteiger partial charge in [-0.15, -0.1) is 0 Å². The third-order valence-electron chi connectivity index (χ3n) is 6.54. The minimum absolute atomic E-state index is 0.0812. The summed E-state index contributed by atoms with van der Waals surface area (Å²) in [6.45, 7) is 1.07. The molecule has 2 N–H and O–H groups in total. The molecule has 3 aromatic carbocycles. The van der Waals surface area contributed by atoms with Gasteiger partial charge in [0.1, 0.15) is 0 Å². The van der Waals surface area contributed by atoms with Crippen molar-refractivity contribution >= 4 is 23.3 Å². The van der Waals surface area contributed by atoms with Gasteiger partial charge in [0.2, 0.25) is 0 Å². The highest BCUT2D eigenvalue weighted by atomic mass is 32.1. The lowest BCUT2D eigenvalue weighted by Gasteiger charge is -2.38. The quantitative estimate of drug-likeness (QED) is 0.399. The van der Waals surface area contributed by atoms with E-state index in [-0.39, 0.29) is 18.1 Å². The Morgan fingerprint density at radius 2 is 1.70 bits per heavy atom. The van der Waals surface area contributed by atoms with Crippen LogP contribution in [0.15, 0.2) is 83.3 Å². The van der Waals surface area contributed by atoms with Gasteiger partial charge in [0, 0.05) is 25.9 Å². The van der Waals surface area contributed by atoms with Crippen molar-refractivity contribution < 1.29 is 14.3 Å². The molecule has 0 saturated carbocycles. The molecule has 0 bridgehead atoms. The summed E-state index contributed by atoms with van der Waals surface area (Å²) in [7, 11) is 1.90. The monoisotopic (exact) mass is 460 g/mol. The number of hydrogen-bond donors (Lipinski definition) is 2. The summed E-state index contributed by atoms with van der Waals surface area (Å²) < 4.78 is 13.9. The van der Waals surface area contributed by atoms with Crippen LogP contribution in [0.25, 0.3) is 11.1 Å².